The van der Waals surface area contributed by atoms with E-state index < -0.39 is 0 Å². The molecule has 1 saturated heterocycles. The lowest BCUT2D eigenvalue weighted by molar-refractivity contribution is 0.413. The van der Waals surface area contributed by atoms with Crippen LogP contribution in [0.25, 0.3) is 0 Å². The second-order valence-electron chi connectivity index (χ2n) is 3.70. The van der Waals surface area contributed by atoms with Gasteiger partial charge >= 0.3 is 0 Å². The number of hydrogen-bond acceptors (Lipinski definition) is 3. The second kappa shape index (κ2) is 5.55. The largest absolute Gasteiger partial charge is 0.497 e. The number of thioether (sulfide) groups is 1. The zero-order chi connectivity index (χ0) is 11.4. The third kappa shape index (κ3) is 2.89. The zero-order valence-corrected chi connectivity index (χ0v) is 10.9. The van der Waals surface area contributed by atoms with Crippen molar-refractivity contribution < 1.29 is 4.74 Å². The number of hydrogen-bond donors (Lipinski definition) is 0. The van der Waals surface area contributed by atoms with Crippen molar-refractivity contribution in [2.75, 3.05) is 26.0 Å². The fraction of sp³-hybridized carbons (Fsp3) is 0.417. The summed E-state index contributed by atoms with van der Waals surface area (Å²) in [6.07, 6.45) is 1.03. The Balaban J connectivity index is 1.91. The fourth-order valence-corrected chi connectivity index (χ4v) is 3.00. The lowest BCUT2D eigenvalue weighted by Gasteiger charge is -2.16. The first-order valence-corrected chi connectivity index (χ1v) is 6.73. The number of thiocarbonyl (C=S) groups is 1. The SMILES string of the molecule is COc1cccc(CCN2CCSC2=S)c1. The molecular formula is C12H15NOS2. The lowest BCUT2D eigenvalue weighted by Crippen LogP contribution is -2.25. The Morgan fingerprint density at radius 2 is 2.38 bits per heavy atom. The molecule has 0 saturated carbocycles. The maximum absolute atomic E-state index is 5.27. The van der Waals surface area contributed by atoms with Gasteiger partial charge in [0, 0.05) is 18.8 Å². The van der Waals surface area contributed by atoms with Crippen molar-refractivity contribution in [3.05, 3.63) is 29.8 Å². The van der Waals surface area contributed by atoms with Crippen LogP contribution in [0.4, 0.5) is 0 Å². The van der Waals surface area contributed by atoms with E-state index in [0.717, 1.165) is 35.3 Å². The van der Waals surface area contributed by atoms with Crippen LogP contribution < -0.4 is 4.74 Å². The van der Waals surface area contributed by atoms with Crippen LogP contribution in [-0.4, -0.2) is 35.2 Å². The normalized spacial score (nSPS) is 15.6. The summed E-state index contributed by atoms with van der Waals surface area (Å²) in [5, 5.41) is 0. The van der Waals surface area contributed by atoms with Crippen molar-refractivity contribution in [1.82, 2.24) is 4.90 Å². The average molecular weight is 253 g/mol. The predicted octanol–water partition coefficient (Wildman–Crippen LogP) is 2.57. The molecule has 2 nitrogen and oxygen atoms in total. The van der Waals surface area contributed by atoms with Crippen molar-refractivity contribution in [3.8, 4) is 5.75 Å². The lowest BCUT2D eigenvalue weighted by atomic mass is 10.1. The molecule has 1 aromatic carbocycles. The van der Waals surface area contributed by atoms with Crippen molar-refractivity contribution in [3.63, 3.8) is 0 Å². The first-order valence-electron chi connectivity index (χ1n) is 5.34. The third-order valence-corrected chi connectivity index (χ3v) is 4.15. The van der Waals surface area contributed by atoms with Gasteiger partial charge in [-0.05, 0) is 24.1 Å². The van der Waals surface area contributed by atoms with E-state index in [-0.39, 0.29) is 0 Å². The number of nitrogens with zero attached hydrogens (tertiary/aromatic N) is 1. The van der Waals surface area contributed by atoms with Crippen molar-refractivity contribution in [2.24, 2.45) is 0 Å². The predicted molar refractivity (Wildman–Crippen MR) is 73.3 cm³/mol. The monoisotopic (exact) mass is 253 g/mol. The molecule has 0 N–H and O–H groups in total. The van der Waals surface area contributed by atoms with Crippen LogP contribution in [0.3, 0.4) is 0 Å². The maximum atomic E-state index is 5.27. The third-order valence-electron chi connectivity index (χ3n) is 2.65. The summed E-state index contributed by atoms with van der Waals surface area (Å²) in [5.74, 6) is 2.06. The molecule has 0 atom stereocenters. The highest BCUT2D eigenvalue weighted by Gasteiger charge is 2.16. The van der Waals surface area contributed by atoms with Crippen LogP contribution in [0.15, 0.2) is 24.3 Å². The Hall–Kier alpha value is -0.740. The van der Waals surface area contributed by atoms with Gasteiger partial charge in [-0.1, -0.05) is 36.1 Å². The van der Waals surface area contributed by atoms with E-state index in [2.05, 4.69) is 17.0 Å². The van der Waals surface area contributed by atoms with Gasteiger partial charge < -0.3 is 9.64 Å². The van der Waals surface area contributed by atoms with Gasteiger partial charge in [-0.3, -0.25) is 0 Å². The minimum Gasteiger partial charge on any atom is -0.497 e. The van der Waals surface area contributed by atoms with E-state index in [0.29, 0.717) is 0 Å². The van der Waals surface area contributed by atoms with Gasteiger partial charge in [0.05, 0.1) is 7.11 Å². The van der Waals surface area contributed by atoms with E-state index in [1.807, 2.05) is 12.1 Å². The molecule has 1 aliphatic rings. The van der Waals surface area contributed by atoms with E-state index in [1.165, 1.54) is 5.56 Å². The molecule has 0 aliphatic carbocycles. The molecule has 1 aliphatic heterocycles. The van der Waals surface area contributed by atoms with Crippen LogP contribution in [0.1, 0.15) is 5.56 Å². The topological polar surface area (TPSA) is 12.5 Å². The highest BCUT2D eigenvalue weighted by molar-refractivity contribution is 8.23. The molecule has 1 fully saturated rings. The van der Waals surface area contributed by atoms with E-state index >= 15 is 0 Å². The molecule has 4 heteroatoms. The molecule has 0 amide bonds. The van der Waals surface area contributed by atoms with Crippen LogP contribution in [0.2, 0.25) is 0 Å². The van der Waals surface area contributed by atoms with Crippen molar-refractivity contribution in [1.29, 1.82) is 0 Å². The molecule has 86 valence electrons. The van der Waals surface area contributed by atoms with Gasteiger partial charge in [-0.25, -0.2) is 0 Å². The van der Waals surface area contributed by atoms with E-state index in [9.17, 15) is 0 Å². The summed E-state index contributed by atoms with van der Waals surface area (Å²) in [4.78, 5) is 2.28. The molecule has 16 heavy (non-hydrogen) atoms. The Bertz CT molecular complexity index is 381. The standard InChI is InChI=1S/C12H15NOS2/c1-14-11-4-2-3-10(9-11)5-6-13-7-8-16-12(13)15/h2-4,9H,5-8H2,1H3. The summed E-state index contributed by atoms with van der Waals surface area (Å²) in [6.45, 7) is 2.10. The Kier molecular flexibility index (Phi) is 4.07. The Labute approximate surface area is 106 Å². The zero-order valence-electron chi connectivity index (χ0n) is 9.31. The number of methoxy groups -OCH3 is 1. The highest BCUT2D eigenvalue weighted by atomic mass is 32.2. The molecule has 1 heterocycles. The van der Waals surface area contributed by atoms with Crippen LogP contribution in [-0.2, 0) is 6.42 Å². The maximum Gasteiger partial charge on any atom is 0.136 e. The van der Waals surface area contributed by atoms with Gasteiger partial charge in [0.2, 0.25) is 0 Å². The molecule has 0 unspecified atom stereocenters. The van der Waals surface area contributed by atoms with Crippen LogP contribution in [0, 0.1) is 0 Å². The Morgan fingerprint density at radius 1 is 1.50 bits per heavy atom. The first kappa shape index (κ1) is 11.7. The minimum atomic E-state index is 0.927. The summed E-state index contributed by atoms with van der Waals surface area (Å²) < 4.78 is 6.25. The smallest absolute Gasteiger partial charge is 0.136 e. The second-order valence-corrected chi connectivity index (χ2v) is 5.43. The molecule has 0 aromatic heterocycles. The van der Waals surface area contributed by atoms with Crippen molar-refractivity contribution in [2.45, 2.75) is 6.42 Å². The molecule has 0 radical (unpaired) electrons. The molecule has 1 aromatic rings. The summed E-state index contributed by atoms with van der Waals surface area (Å²) in [5.41, 5.74) is 1.30. The van der Waals surface area contributed by atoms with Crippen LogP contribution >= 0.6 is 24.0 Å². The van der Waals surface area contributed by atoms with Gasteiger partial charge in [0.25, 0.3) is 0 Å². The number of ether oxygens (including phenoxy) is 1. The van der Waals surface area contributed by atoms with Crippen molar-refractivity contribution >= 4 is 28.3 Å². The van der Waals surface area contributed by atoms with Gasteiger partial charge in [0.15, 0.2) is 0 Å². The average Bonchev–Trinajstić information content (AvgIpc) is 2.72. The summed E-state index contributed by atoms with van der Waals surface area (Å²) in [6, 6.07) is 8.23. The molecular weight excluding hydrogens is 238 g/mol. The quantitative estimate of drug-likeness (QED) is 0.764. The Morgan fingerprint density at radius 3 is 3.06 bits per heavy atom. The minimum absolute atomic E-state index is 0.927. The number of rotatable bonds is 4. The number of benzene rings is 1. The van der Waals surface area contributed by atoms with Gasteiger partial charge in [-0.2, -0.15) is 0 Å². The molecule has 0 spiro atoms. The summed E-state index contributed by atoms with van der Waals surface area (Å²) >= 11 is 7.05. The first-order chi connectivity index (χ1) is 7.79. The molecule has 2 rings (SSSR count). The van der Waals surface area contributed by atoms with Gasteiger partial charge in [0.1, 0.15) is 10.1 Å². The highest BCUT2D eigenvalue weighted by Crippen LogP contribution is 2.19. The fourth-order valence-electron chi connectivity index (χ4n) is 1.72. The van der Waals surface area contributed by atoms with Crippen LogP contribution in [0.5, 0.6) is 5.75 Å². The van der Waals surface area contributed by atoms with E-state index in [4.69, 9.17) is 17.0 Å². The van der Waals surface area contributed by atoms with Gasteiger partial charge in [-0.15, -0.1) is 0 Å². The summed E-state index contributed by atoms with van der Waals surface area (Å²) in [7, 11) is 1.70. The molecule has 0 bridgehead atoms. The van der Waals surface area contributed by atoms with E-state index in [1.54, 1.807) is 18.9 Å².